The van der Waals surface area contributed by atoms with Gasteiger partial charge in [-0.2, -0.15) is 0 Å². The molecule has 0 aromatic rings. The molecule has 0 unspecified atom stereocenters. The Balaban J connectivity index is 4.22. The molecular formula is C8H15NO3. The van der Waals surface area contributed by atoms with E-state index in [2.05, 4.69) is 0 Å². The van der Waals surface area contributed by atoms with Crippen molar-refractivity contribution in [3.63, 3.8) is 0 Å². The minimum atomic E-state index is -0.427. The van der Waals surface area contributed by atoms with Gasteiger partial charge in [-0.25, -0.2) is 4.79 Å². The van der Waals surface area contributed by atoms with Gasteiger partial charge in [0.05, 0.1) is 18.8 Å². The molecule has 0 fully saturated rings. The number of hydrogen-bond acceptors (Lipinski definition) is 4. The van der Waals surface area contributed by atoms with Crippen LogP contribution in [-0.4, -0.2) is 19.2 Å². The summed E-state index contributed by atoms with van der Waals surface area (Å²) in [6.45, 7) is 5.90. The Morgan fingerprint density at radius 3 is 2.17 bits per heavy atom. The Labute approximate surface area is 72.3 Å². The molecule has 0 aliphatic carbocycles. The summed E-state index contributed by atoms with van der Waals surface area (Å²) in [6.07, 6.45) is 0. The van der Waals surface area contributed by atoms with Crippen LogP contribution in [0.1, 0.15) is 20.8 Å². The first-order chi connectivity index (χ1) is 5.63. The average Bonchev–Trinajstić information content (AvgIpc) is 2.04. The fourth-order valence-corrected chi connectivity index (χ4v) is 0.604. The van der Waals surface area contributed by atoms with Gasteiger partial charge in [-0.05, 0) is 20.8 Å². The van der Waals surface area contributed by atoms with Gasteiger partial charge in [0, 0.05) is 0 Å². The lowest BCUT2D eigenvalue weighted by Crippen LogP contribution is -2.14. The monoisotopic (exact) mass is 173 g/mol. The smallest absolute Gasteiger partial charge is 0.339 e. The summed E-state index contributed by atoms with van der Waals surface area (Å²) >= 11 is 0. The zero-order valence-corrected chi connectivity index (χ0v) is 7.72. The fraction of sp³-hybridized carbons (Fsp3) is 0.625. The molecular weight excluding hydrogens is 158 g/mol. The normalized spacial score (nSPS) is 11.9. The van der Waals surface area contributed by atoms with E-state index < -0.39 is 5.97 Å². The highest BCUT2D eigenvalue weighted by Gasteiger charge is 2.09. The van der Waals surface area contributed by atoms with Crippen molar-refractivity contribution in [1.29, 1.82) is 0 Å². The highest BCUT2D eigenvalue weighted by Crippen LogP contribution is 2.01. The van der Waals surface area contributed by atoms with E-state index in [0.717, 1.165) is 0 Å². The summed E-state index contributed by atoms with van der Waals surface area (Å²) in [5, 5.41) is 0. The van der Waals surface area contributed by atoms with Crippen LogP contribution in [0.5, 0.6) is 0 Å². The Morgan fingerprint density at radius 1 is 1.25 bits per heavy atom. The fourth-order valence-electron chi connectivity index (χ4n) is 0.604. The second kappa shape index (κ2) is 5.46. The van der Waals surface area contributed by atoms with Gasteiger partial charge >= 0.3 is 5.97 Å². The largest absolute Gasteiger partial charge is 0.479 e. The third-order valence-electron chi connectivity index (χ3n) is 1.25. The first-order valence-electron chi connectivity index (χ1n) is 3.89. The molecule has 12 heavy (non-hydrogen) atoms. The molecule has 0 saturated heterocycles. The van der Waals surface area contributed by atoms with Gasteiger partial charge < -0.3 is 15.2 Å². The van der Waals surface area contributed by atoms with Crippen LogP contribution in [0.4, 0.5) is 0 Å². The summed E-state index contributed by atoms with van der Waals surface area (Å²) < 4.78 is 9.64. The first-order valence-corrected chi connectivity index (χ1v) is 3.89. The van der Waals surface area contributed by atoms with Gasteiger partial charge in [-0.1, -0.05) is 0 Å². The van der Waals surface area contributed by atoms with Crippen LogP contribution in [0.3, 0.4) is 0 Å². The van der Waals surface area contributed by atoms with Crippen molar-refractivity contribution >= 4 is 5.97 Å². The molecule has 0 aromatic heterocycles. The number of hydrogen-bond donors (Lipinski definition) is 1. The van der Waals surface area contributed by atoms with Gasteiger partial charge in [0.2, 0.25) is 0 Å². The molecule has 0 amide bonds. The summed E-state index contributed by atoms with van der Waals surface area (Å²) in [7, 11) is 0. The van der Waals surface area contributed by atoms with Crippen molar-refractivity contribution in [2.75, 3.05) is 13.2 Å². The van der Waals surface area contributed by atoms with E-state index in [9.17, 15) is 4.79 Å². The van der Waals surface area contributed by atoms with Crippen molar-refractivity contribution in [3.05, 3.63) is 11.5 Å². The van der Waals surface area contributed by atoms with Crippen molar-refractivity contribution in [3.8, 4) is 0 Å². The lowest BCUT2D eigenvalue weighted by molar-refractivity contribution is -0.138. The molecule has 0 radical (unpaired) electrons. The number of ether oxygens (including phenoxy) is 2. The lowest BCUT2D eigenvalue weighted by atomic mass is 10.3. The predicted octanol–water partition coefficient (Wildman–Crippen LogP) is 0.776. The van der Waals surface area contributed by atoms with E-state index in [-0.39, 0.29) is 5.88 Å². The van der Waals surface area contributed by atoms with Gasteiger partial charge in [0.1, 0.15) is 0 Å². The van der Waals surface area contributed by atoms with E-state index in [0.29, 0.717) is 18.8 Å². The second-order valence-corrected chi connectivity index (χ2v) is 2.14. The van der Waals surface area contributed by atoms with E-state index >= 15 is 0 Å². The molecule has 0 bridgehead atoms. The maximum absolute atomic E-state index is 11.0. The van der Waals surface area contributed by atoms with Crippen molar-refractivity contribution in [2.24, 2.45) is 5.73 Å². The Kier molecular flexibility index (Phi) is 4.92. The first kappa shape index (κ1) is 10.8. The summed E-state index contributed by atoms with van der Waals surface area (Å²) in [5.41, 5.74) is 5.73. The van der Waals surface area contributed by atoms with Crippen LogP contribution in [0.15, 0.2) is 11.5 Å². The molecule has 0 atom stereocenters. The Hall–Kier alpha value is -1.19. The van der Waals surface area contributed by atoms with Gasteiger partial charge in [-0.15, -0.1) is 0 Å². The van der Waals surface area contributed by atoms with E-state index in [1.165, 1.54) is 0 Å². The van der Waals surface area contributed by atoms with Crippen LogP contribution in [0, 0.1) is 0 Å². The molecule has 0 rings (SSSR count). The molecule has 0 aromatic carbocycles. The molecule has 70 valence electrons. The Bertz CT molecular complexity index is 187. The molecule has 0 aliphatic heterocycles. The van der Waals surface area contributed by atoms with Gasteiger partial charge in [0.25, 0.3) is 0 Å². The minimum absolute atomic E-state index is 0.135. The molecule has 0 spiro atoms. The summed E-state index contributed by atoms with van der Waals surface area (Å²) in [6, 6.07) is 0. The third kappa shape index (κ3) is 3.27. The topological polar surface area (TPSA) is 61.5 Å². The van der Waals surface area contributed by atoms with Crippen LogP contribution in [-0.2, 0) is 14.3 Å². The standard InChI is InChI=1S/C8H15NO3/c1-4-11-7(9)6(3)8(10)12-5-2/h4-5,9H2,1-3H3/b7-6+. The van der Waals surface area contributed by atoms with Crippen LogP contribution in [0.25, 0.3) is 0 Å². The number of rotatable bonds is 4. The quantitative estimate of drug-likeness (QED) is 0.387. The number of esters is 1. The number of carbonyl (C=O) groups excluding carboxylic acids is 1. The zero-order chi connectivity index (χ0) is 9.56. The Morgan fingerprint density at radius 2 is 1.75 bits per heavy atom. The second-order valence-electron chi connectivity index (χ2n) is 2.14. The molecule has 0 saturated carbocycles. The average molecular weight is 173 g/mol. The third-order valence-corrected chi connectivity index (χ3v) is 1.25. The zero-order valence-electron chi connectivity index (χ0n) is 7.72. The van der Waals surface area contributed by atoms with Crippen molar-refractivity contribution < 1.29 is 14.3 Å². The molecule has 0 aliphatic rings. The van der Waals surface area contributed by atoms with Crippen molar-refractivity contribution in [1.82, 2.24) is 0 Å². The van der Waals surface area contributed by atoms with E-state index in [4.69, 9.17) is 15.2 Å². The maximum atomic E-state index is 11.0. The SMILES string of the molecule is CCOC(=O)/C(C)=C(\N)OCC. The van der Waals surface area contributed by atoms with Crippen LogP contribution >= 0.6 is 0 Å². The highest BCUT2D eigenvalue weighted by molar-refractivity contribution is 5.88. The van der Waals surface area contributed by atoms with E-state index in [1.54, 1.807) is 20.8 Å². The lowest BCUT2D eigenvalue weighted by Gasteiger charge is -2.06. The summed E-state index contributed by atoms with van der Waals surface area (Å²) in [5.74, 6) is -0.292. The maximum Gasteiger partial charge on any atom is 0.339 e. The summed E-state index contributed by atoms with van der Waals surface area (Å²) in [4.78, 5) is 11.0. The molecule has 0 heterocycles. The van der Waals surface area contributed by atoms with Crippen molar-refractivity contribution in [2.45, 2.75) is 20.8 Å². The van der Waals surface area contributed by atoms with Crippen LogP contribution in [0.2, 0.25) is 0 Å². The predicted molar refractivity (Wildman–Crippen MR) is 45.1 cm³/mol. The minimum Gasteiger partial charge on any atom is -0.479 e. The highest BCUT2D eigenvalue weighted by atomic mass is 16.5. The molecule has 4 nitrogen and oxygen atoms in total. The molecule has 2 N–H and O–H groups in total. The van der Waals surface area contributed by atoms with Gasteiger partial charge in [0.15, 0.2) is 5.88 Å². The number of carbonyl (C=O) groups is 1. The van der Waals surface area contributed by atoms with Crippen LogP contribution < -0.4 is 5.73 Å². The molecule has 4 heteroatoms. The van der Waals surface area contributed by atoms with Gasteiger partial charge in [-0.3, -0.25) is 0 Å². The number of nitrogens with two attached hydrogens (primary N) is 1. The van der Waals surface area contributed by atoms with E-state index in [1.807, 2.05) is 0 Å².